The Bertz CT molecular complexity index is 465. The van der Waals surface area contributed by atoms with Crippen LogP contribution in [0.4, 0.5) is 0 Å². The summed E-state index contributed by atoms with van der Waals surface area (Å²) in [5.41, 5.74) is 2.10. The van der Waals surface area contributed by atoms with Crippen molar-refractivity contribution in [3.8, 4) is 5.75 Å². The van der Waals surface area contributed by atoms with E-state index in [-0.39, 0.29) is 6.61 Å². The second kappa shape index (κ2) is 7.53. The molecule has 20 heavy (non-hydrogen) atoms. The first kappa shape index (κ1) is 16.0. The van der Waals surface area contributed by atoms with Gasteiger partial charge in [-0.3, -0.25) is 4.79 Å². The molecule has 0 saturated heterocycles. The topological polar surface area (TPSA) is 75.6 Å². The van der Waals surface area contributed by atoms with Crippen molar-refractivity contribution in [2.24, 2.45) is 0 Å². The Balaban J connectivity index is 2.52. The summed E-state index contributed by atoms with van der Waals surface area (Å²) < 4.78 is 5.38. The summed E-state index contributed by atoms with van der Waals surface area (Å²) in [6.07, 6.45) is 1.10. The van der Waals surface area contributed by atoms with E-state index in [0.29, 0.717) is 18.6 Å². The minimum absolute atomic E-state index is 0.184. The molecule has 0 aliphatic heterocycles. The van der Waals surface area contributed by atoms with E-state index in [0.717, 1.165) is 11.1 Å². The summed E-state index contributed by atoms with van der Waals surface area (Å²) in [6, 6.07) is 4.83. The van der Waals surface area contributed by atoms with E-state index >= 15 is 0 Å². The zero-order valence-electron chi connectivity index (χ0n) is 12.1. The van der Waals surface area contributed by atoms with Gasteiger partial charge in [-0.2, -0.15) is 0 Å². The Morgan fingerprint density at radius 2 is 1.85 bits per heavy atom. The summed E-state index contributed by atoms with van der Waals surface area (Å²) in [5.74, 6) is -0.836. The van der Waals surface area contributed by atoms with E-state index in [1.807, 2.05) is 39.0 Å². The summed E-state index contributed by atoms with van der Waals surface area (Å²) in [5, 5.41) is 11.4. The molecule has 1 atom stereocenters. The molecular formula is C15H21NO4. The molecule has 1 amide bonds. The van der Waals surface area contributed by atoms with Crippen LogP contribution in [-0.2, 0) is 9.59 Å². The molecule has 1 rings (SSSR count). The highest BCUT2D eigenvalue weighted by molar-refractivity contribution is 5.84. The van der Waals surface area contributed by atoms with Crippen LogP contribution in [0.2, 0.25) is 0 Å². The van der Waals surface area contributed by atoms with Gasteiger partial charge in [0.05, 0.1) is 0 Å². The lowest BCUT2D eigenvalue weighted by Gasteiger charge is -2.14. The maximum absolute atomic E-state index is 11.7. The van der Waals surface area contributed by atoms with Crippen LogP contribution >= 0.6 is 0 Å². The highest BCUT2D eigenvalue weighted by atomic mass is 16.5. The first-order chi connectivity index (χ1) is 9.42. The van der Waals surface area contributed by atoms with E-state index < -0.39 is 17.9 Å². The van der Waals surface area contributed by atoms with Crippen molar-refractivity contribution in [3.63, 3.8) is 0 Å². The Kier molecular flexibility index (Phi) is 6.03. The second-order valence-corrected chi connectivity index (χ2v) is 4.86. The number of carboxylic acids is 1. The van der Waals surface area contributed by atoms with Gasteiger partial charge in [-0.25, -0.2) is 4.79 Å². The van der Waals surface area contributed by atoms with Gasteiger partial charge in [0.25, 0.3) is 5.91 Å². The highest BCUT2D eigenvalue weighted by Crippen LogP contribution is 2.15. The summed E-state index contributed by atoms with van der Waals surface area (Å²) in [6.45, 7) is 5.58. The summed E-state index contributed by atoms with van der Waals surface area (Å²) >= 11 is 0. The molecule has 0 heterocycles. The molecule has 0 saturated carbocycles. The lowest BCUT2D eigenvalue weighted by Crippen LogP contribution is -2.42. The second-order valence-electron chi connectivity index (χ2n) is 4.86. The zero-order valence-corrected chi connectivity index (χ0v) is 12.1. The number of carbonyl (C=O) groups excluding carboxylic acids is 1. The molecular weight excluding hydrogens is 258 g/mol. The molecule has 0 aromatic heterocycles. The molecule has 5 heteroatoms. The number of carbonyl (C=O) groups is 2. The first-order valence-electron chi connectivity index (χ1n) is 6.65. The van der Waals surface area contributed by atoms with E-state index in [1.54, 1.807) is 0 Å². The molecule has 0 fully saturated rings. The van der Waals surface area contributed by atoms with E-state index in [4.69, 9.17) is 9.84 Å². The Hall–Kier alpha value is -2.04. The molecule has 1 aromatic rings. The van der Waals surface area contributed by atoms with E-state index in [9.17, 15) is 9.59 Å². The molecule has 2 N–H and O–H groups in total. The lowest BCUT2D eigenvalue weighted by atomic mass is 10.1. The van der Waals surface area contributed by atoms with Gasteiger partial charge in [0.1, 0.15) is 11.8 Å². The van der Waals surface area contributed by atoms with Gasteiger partial charge in [-0.05, 0) is 43.5 Å². The number of aryl methyl sites for hydroxylation is 2. The smallest absolute Gasteiger partial charge is 0.326 e. The van der Waals surface area contributed by atoms with Crippen LogP contribution in [0, 0.1) is 13.8 Å². The molecule has 0 aliphatic carbocycles. The normalized spacial score (nSPS) is 11.8. The van der Waals surface area contributed by atoms with Crippen molar-refractivity contribution in [2.75, 3.05) is 6.61 Å². The minimum atomic E-state index is -1.02. The average Bonchev–Trinajstić information content (AvgIpc) is 2.34. The van der Waals surface area contributed by atoms with Gasteiger partial charge in [0.2, 0.25) is 0 Å². The predicted octanol–water partition coefficient (Wildman–Crippen LogP) is 2.05. The summed E-state index contributed by atoms with van der Waals surface area (Å²) in [4.78, 5) is 22.6. The summed E-state index contributed by atoms with van der Waals surface area (Å²) in [7, 11) is 0. The van der Waals surface area contributed by atoms with E-state index in [2.05, 4.69) is 5.32 Å². The molecule has 0 bridgehead atoms. The van der Waals surface area contributed by atoms with Crippen LogP contribution in [0.1, 0.15) is 30.9 Å². The van der Waals surface area contributed by atoms with Crippen molar-refractivity contribution in [3.05, 3.63) is 29.3 Å². The van der Waals surface area contributed by atoms with Crippen molar-refractivity contribution >= 4 is 11.9 Å². The van der Waals surface area contributed by atoms with Crippen LogP contribution in [0.15, 0.2) is 18.2 Å². The lowest BCUT2D eigenvalue weighted by molar-refractivity contribution is -0.142. The van der Waals surface area contributed by atoms with Crippen LogP contribution in [0.25, 0.3) is 0 Å². The number of hydrogen-bond acceptors (Lipinski definition) is 3. The maximum Gasteiger partial charge on any atom is 0.326 e. The average molecular weight is 279 g/mol. The first-order valence-corrected chi connectivity index (χ1v) is 6.65. The number of rotatable bonds is 7. The number of benzene rings is 1. The van der Waals surface area contributed by atoms with Crippen molar-refractivity contribution < 1.29 is 19.4 Å². The molecule has 5 nitrogen and oxygen atoms in total. The fourth-order valence-electron chi connectivity index (χ4n) is 1.95. The van der Waals surface area contributed by atoms with Gasteiger partial charge in [-0.15, -0.1) is 0 Å². The molecule has 110 valence electrons. The fraction of sp³-hybridized carbons (Fsp3) is 0.467. The highest BCUT2D eigenvalue weighted by Gasteiger charge is 2.18. The third-order valence-corrected chi connectivity index (χ3v) is 2.78. The molecule has 1 aromatic carbocycles. The number of ether oxygens (including phenoxy) is 1. The Morgan fingerprint density at radius 3 is 2.35 bits per heavy atom. The SMILES string of the molecule is CCC[C@@H](NC(=O)COc1cc(C)cc(C)c1)C(=O)O. The predicted molar refractivity (Wildman–Crippen MR) is 75.9 cm³/mol. The molecule has 0 unspecified atom stereocenters. The molecule has 0 aliphatic rings. The standard InChI is InChI=1S/C15H21NO4/c1-4-5-13(15(18)19)16-14(17)9-20-12-7-10(2)6-11(3)8-12/h6-8,13H,4-5,9H2,1-3H3,(H,16,17)(H,18,19)/t13-/m1/s1. The molecule has 0 radical (unpaired) electrons. The number of amides is 1. The largest absolute Gasteiger partial charge is 0.484 e. The third kappa shape index (κ3) is 5.30. The van der Waals surface area contributed by atoms with Gasteiger partial charge in [0, 0.05) is 0 Å². The monoisotopic (exact) mass is 279 g/mol. The van der Waals surface area contributed by atoms with Crippen LogP contribution in [-0.4, -0.2) is 29.6 Å². The van der Waals surface area contributed by atoms with E-state index in [1.165, 1.54) is 0 Å². The minimum Gasteiger partial charge on any atom is -0.484 e. The zero-order chi connectivity index (χ0) is 15.1. The van der Waals surface area contributed by atoms with Gasteiger partial charge < -0.3 is 15.2 Å². The number of hydrogen-bond donors (Lipinski definition) is 2. The van der Waals surface area contributed by atoms with Crippen molar-refractivity contribution in [2.45, 2.75) is 39.7 Å². The van der Waals surface area contributed by atoms with Gasteiger partial charge >= 0.3 is 5.97 Å². The van der Waals surface area contributed by atoms with Crippen molar-refractivity contribution in [1.82, 2.24) is 5.32 Å². The van der Waals surface area contributed by atoms with Crippen molar-refractivity contribution in [1.29, 1.82) is 0 Å². The fourth-order valence-corrected chi connectivity index (χ4v) is 1.95. The number of aliphatic carboxylic acids is 1. The van der Waals surface area contributed by atoms with Crippen LogP contribution in [0.5, 0.6) is 5.75 Å². The molecule has 0 spiro atoms. The Morgan fingerprint density at radius 1 is 1.25 bits per heavy atom. The van der Waals surface area contributed by atoms with Gasteiger partial charge in [0.15, 0.2) is 6.61 Å². The maximum atomic E-state index is 11.7. The quantitative estimate of drug-likeness (QED) is 0.801. The Labute approximate surface area is 118 Å². The third-order valence-electron chi connectivity index (χ3n) is 2.78. The number of nitrogens with one attached hydrogen (secondary N) is 1. The van der Waals surface area contributed by atoms with Crippen LogP contribution < -0.4 is 10.1 Å². The van der Waals surface area contributed by atoms with Crippen LogP contribution in [0.3, 0.4) is 0 Å². The number of carboxylic acid groups (broad SMARTS) is 1. The van der Waals surface area contributed by atoms with Gasteiger partial charge in [-0.1, -0.05) is 19.4 Å².